The van der Waals surface area contributed by atoms with Crippen LogP contribution in [0.5, 0.6) is 0 Å². The Morgan fingerprint density at radius 3 is 2.74 bits per heavy atom. The number of non-ortho nitro benzene ring substituents is 1. The number of aliphatic hydroxyl groups is 1. The van der Waals surface area contributed by atoms with Crippen molar-refractivity contribution in [1.82, 2.24) is 15.5 Å². The van der Waals surface area contributed by atoms with Crippen molar-refractivity contribution in [2.45, 2.75) is 43.2 Å². The van der Waals surface area contributed by atoms with E-state index in [2.05, 4.69) is 10.6 Å². The van der Waals surface area contributed by atoms with E-state index in [9.17, 15) is 29.6 Å². The molecule has 0 radical (unpaired) electrons. The fraction of sp³-hybridized carbons (Fsp3) is 0.375. The number of ether oxygens (including phenoxy) is 2. The topological polar surface area (TPSA) is 160 Å². The Kier molecular flexibility index (Phi) is 7.38. The maximum Gasteiger partial charge on any atom is 0.357 e. The second kappa shape index (κ2) is 10.7. The molecule has 0 saturated carbocycles. The molecule has 2 saturated heterocycles. The van der Waals surface area contributed by atoms with Crippen molar-refractivity contribution < 1.29 is 33.9 Å². The molecule has 5 rings (SSSR count). The summed E-state index contributed by atoms with van der Waals surface area (Å²) in [6.07, 6.45) is 1.06. The molecule has 38 heavy (non-hydrogen) atoms. The Labute approximate surface area is 225 Å². The van der Waals surface area contributed by atoms with Gasteiger partial charge in [0.1, 0.15) is 18.0 Å². The van der Waals surface area contributed by atoms with E-state index in [4.69, 9.17) is 9.47 Å². The lowest BCUT2D eigenvalue weighted by molar-refractivity contribution is -0.384. The highest BCUT2D eigenvalue weighted by atomic mass is 32.2. The predicted octanol–water partition coefficient (Wildman–Crippen LogP) is 1.60. The first kappa shape index (κ1) is 26.2. The number of esters is 1. The minimum atomic E-state index is -1.67. The smallest absolute Gasteiger partial charge is 0.357 e. The Balaban J connectivity index is 1.32. The van der Waals surface area contributed by atoms with E-state index in [1.807, 2.05) is 17.5 Å². The molecule has 0 bridgehead atoms. The third-order valence-electron chi connectivity index (χ3n) is 6.26. The van der Waals surface area contributed by atoms with Crippen LogP contribution in [0.15, 0.2) is 53.2 Å². The van der Waals surface area contributed by atoms with Crippen LogP contribution in [-0.2, 0) is 36.9 Å². The lowest BCUT2D eigenvalue weighted by atomic mass is 10.0. The van der Waals surface area contributed by atoms with Crippen molar-refractivity contribution in [2.24, 2.45) is 0 Å². The largest absolute Gasteiger partial charge is 0.456 e. The van der Waals surface area contributed by atoms with Crippen molar-refractivity contribution in [3.63, 3.8) is 0 Å². The second-order valence-corrected chi connectivity index (χ2v) is 11.0. The summed E-state index contributed by atoms with van der Waals surface area (Å²) in [4.78, 5) is 51.4. The summed E-state index contributed by atoms with van der Waals surface area (Å²) in [5.74, 6) is -3.01. The van der Waals surface area contributed by atoms with Crippen molar-refractivity contribution in [3.8, 4) is 0 Å². The molecule has 200 valence electrons. The second-order valence-electron chi connectivity index (χ2n) is 8.90. The summed E-state index contributed by atoms with van der Waals surface area (Å²) in [7, 11) is 0. The van der Waals surface area contributed by atoms with E-state index in [0.29, 0.717) is 25.0 Å². The number of β-lactam (4-membered cyclic amide) rings is 1. The van der Waals surface area contributed by atoms with Crippen LogP contribution in [0, 0.1) is 10.1 Å². The molecule has 2 aromatic rings. The molecule has 4 heterocycles. The molecule has 3 aliphatic rings. The van der Waals surface area contributed by atoms with Gasteiger partial charge in [-0.15, -0.1) is 23.1 Å². The first-order valence-corrected chi connectivity index (χ1v) is 13.7. The number of fused-ring (bicyclic) bond motifs is 1. The SMILES string of the molecule is O=C(Cc1cccs1)N[C@@H]1C(=O)N2C(C(=O)OCc3ccc([N+](=O)[O-])cc3)=C(NC3(O)CCCO3)CS[C@@H]12. The molecule has 2 amide bonds. The number of nitro benzene ring substituents is 1. The average molecular weight is 561 g/mol. The number of carbonyl (C=O) groups excluding carboxylic acids is 3. The Bertz CT molecular complexity index is 1270. The molecular weight excluding hydrogens is 536 g/mol. The van der Waals surface area contributed by atoms with E-state index in [1.54, 1.807) is 0 Å². The first-order chi connectivity index (χ1) is 18.2. The standard InChI is InChI=1S/C24H24N4O8S2/c29-18(11-16-3-1-10-37-16)25-19-21(30)27-20(17(13-38-22(19)27)26-24(32)8-2-9-36-24)23(31)35-12-14-4-6-15(7-5-14)28(33)34/h1,3-7,10,19,22,26,32H,2,8-9,11-13H2,(H,25,29)/t19-,22+,24?/m1/s1. The zero-order valence-corrected chi connectivity index (χ0v) is 21.6. The quantitative estimate of drug-likeness (QED) is 0.135. The lowest BCUT2D eigenvalue weighted by Gasteiger charge is -2.50. The maximum atomic E-state index is 13.3. The van der Waals surface area contributed by atoms with Crippen molar-refractivity contribution >= 4 is 46.6 Å². The first-order valence-electron chi connectivity index (χ1n) is 11.8. The number of nitrogens with one attached hydrogen (secondary N) is 2. The lowest BCUT2D eigenvalue weighted by Crippen LogP contribution is -2.71. The number of nitro groups is 1. The highest BCUT2D eigenvalue weighted by molar-refractivity contribution is 8.00. The van der Waals surface area contributed by atoms with Crippen LogP contribution in [0.3, 0.4) is 0 Å². The zero-order chi connectivity index (χ0) is 26.9. The molecule has 0 spiro atoms. The molecule has 12 nitrogen and oxygen atoms in total. The van der Waals surface area contributed by atoms with Crippen LogP contribution in [0.2, 0.25) is 0 Å². The fourth-order valence-corrected chi connectivity index (χ4v) is 6.38. The monoisotopic (exact) mass is 560 g/mol. The molecular formula is C24H24N4O8S2. The van der Waals surface area contributed by atoms with Gasteiger partial charge >= 0.3 is 5.97 Å². The zero-order valence-electron chi connectivity index (χ0n) is 20.0. The molecule has 3 N–H and O–H groups in total. The van der Waals surface area contributed by atoms with Gasteiger partial charge in [-0.05, 0) is 35.6 Å². The van der Waals surface area contributed by atoms with Crippen molar-refractivity contribution in [2.75, 3.05) is 12.4 Å². The summed E-state index contributed by atoms with van der Waals surface area (Å²) in [5, 5.41) is 28.6. The van der Waals surface area contributed by atoms with Crippen LogP contribution in [0.4, 0.5) is 5.69 Å². The van der Waals surface area contributed by atoms with E-state index in [1.165, 1.54) is 52.3 Å². The molecule has 14 heteroatoms. The number of carbonyl (C=O) groups is 3. The molecule has 3 atom stereocenters. The minimum absolute atomic E-state index is 0.0617. The molecule has 1 aromatic carbocycles. The number of thiophene rings is 1. The van der Waals surface area contributed by atoms with Crippen molar-refractivity contribution in [3.05, 3.63) is 73.7 Å². The molecule has 1 aromatic heterocycles. The Hall–Kier alpha value is -3.46. The molecule has 1 unspecified atom stereocenters. The van der Waals surface area contributed by atoms with Crippen LogP contribution >= 0.6 is 23.1 Å². The summed E-state index contributed by atoms with van der Waals surface area (Å²) in [5.41, 5.74) is 0.645. The molecule has 2 fully saturated rings. The molecule has 3 aliphatic heterocycles. The third-order valence-corrected chi connectivity index (χ3v) is 8.41. The van der Waals surface area contributed by atoms with Gasteiger partial charge in [0.15, 0.2) is 5.70 Å². The van der Waals surface area contributed by atoms with Gasteiger partial charge in [-0.3, -0.25) is 24.6 Å². The van der Waals surface area contributed by atoms with E-state index in [0.717, 1.165) is 4.88 Å². The number of hydrogen-bond acceptors (Lipinski definition) is 11. The van der Waals surface area contributed by atoms with E-state index < -0.39 is 34.1 Å². The van der Waals surface area contributed by atoms with Crippen LogP contribution < -0.4 is 10.6 Å². The van der Waals surface area contributed by atoms with E-state index >= 15 is 0 Å². The van der Waals surface area contributed by atoms with Gasteiger partial charge in [0.25, 0.3) is 11.6 Å². The van der Waals surface area contributed by atoms with Gasteiger partial charge in [0, 0.05) is 29.2 Å². The number of thioether (sulfide) groups is 1. The van der Waals surface area contributed by atoms with Gasteiger partial charge in [-0.25, -0.2) is 4.79 Å². The van der Waals surface area contributed by atoms with Gasteiger partial charge in [-0.1, -0.05) is 6.07 Å². The Morgan fingerprint density at radius 1 is 1.29 bits per heavy atom. The Morgan fingerprint density at radius 2 is 2.08 bits per heavy atom. The van der Waals surface area contributed by atoms with Crippen LogP contribution in [0.1, 0.15) is 23.3 Å². The number of rotatable bonds is 9. The van der Waals surface area contributed by atoms with Gasteiger partial charge in [-0.2, -0.15) is 0 Å². The number of hydrogen-bond donors (Lipinski definition) is 3. The van der Waals surface area contributed by atoms with Gasteiger partial charge in [0.2, 0.25) is 11.8 Å². The summed E-state index contributed by atoms with van der Waals surface area (Å²) in [6, 6.07) is 8.43. The average Bonchev–Trinajstić information content (AvgIpc) is 3.57. The number of nitrogens with zero attached hydrogens (tertiary/aromatic N) is 2. The summed E-state index contributed by atoms with van der Waals surface area (Å²) >= 11 is 2.78. The highest BCUT2D eigenvalue weighted by Gasteiger charge is 2.55. The third kappa shape index (κ3) is 5.38. The van der Waals surface area contributed by atoms with E-state index in [-0.39, 0.29) is 41.8 Å². The van der Waals surface area contributed by atoms with Gasteiger partial charge in [0.05, 0.1) is 23.6 Å². The molecule has 0 aliphatic carbocycles. The van der Waals surface area contributed by atoms with Gasteiger partial charge < -0.3 is 25.2 Å². The minimum Gasteiger partial charge on any atom is -0.456 e. The summed E-state index contributed by atoms with van der Waals surface area (Å²) in [6.45, 7) is 0.155. The predicted molar refractivity (Wildman–Crippen MR) is 136 cm³/mol. The van der Waals surface area contributed by atoms with Crippen LogP contribution in [0.25, 0.3) is 0 Å². The number of benzene rings is 1. The van der Waals surface area contributed by atoms with Crippen molar-refractivity contribution in [1.29, 1.82) is 0 Å². The maximum absolute atomic E-state index is 13.3. The summed E-state index contributed by atoms with van der Waals surface area (Å²) < 4.78 is 10.9. The highest BCUT2D eigenvalue weighted by Crippen LogP contribution is 2.41. The normalized spacial score (nSPS) is 24.4. The van der Waals surface area contributed by atoms with Crippen LogP contribution in [-0.4, -0.2) is 62.4 Å². The number of amides is 2. The fourth-order valence-electron chi connectivity index (χ4n) is 4.39.